The summed E-state index contributed by atoms with van der Waals surface area (Å²) in [6, 6.07) is 16.3. The minimum absolute atomic E-state index is 0.0261. The van der Waals surface area contributed by atoms with Crippen LogP contribution in [0.2, 0.25) is 0 Å². The number of hydrogen-bond donors (Lipinski definition) is 2. The maximum absolute atomic E-state index is 12.8. The largest absolute Gasteiger partial charge is 0.416 e. The van der Waals surface area contributed by atoms with Crippen molar-refractivity contribution in [3.8, 4) is 0 Å². The number of nitrogens with one attached hydrogen (secondary N) is 2. The smallest absolute Gasteiger partial charge is 0.322 e. The summed E-state index contributed by atoms with van der Waals surface area (Å²) in [4.78, 5) is 12.6. The maximum atomic E-state index is 12.8. The highest BCUT2D eigenvalue weighted by molar-refractivity contribution is 7.92. The van der Waals surface area contributed by atoms with Crippen molar-refractivity contribution in [2.24, 2.45) is 0 Å². The van der Waals surface area contributed by atoms with Crippen molar-refractivity contribution in [2.75, 3.05) is 10.0 Å². The summed E-state index contributed by atoms with van der Waals surface area (Å²) >= 11 is 0. The van der Waals surface area contributed by atoms with Crippen molar-refractivity contribution < 1.29 is 26.4 Å². The molecule has 30 heavy (non-hydrogen) atoms. The van der Waals surface area contributed by atoms with E-state index < -0.39 is 27.7 Å². The molecule has 0 aliphatic rings. The lowest BCUT2D eigenvalue weighted by molar-refractivity contribution is -0.137. The highest BCUT2D eigenvalue weighted by atomic mass is 32.2. The average molecular weight is 434 g/mol. The highest BCUT2D eigenvalue weighted by Crippen LogP contribution is 2.31. The third-order valence-corrected chi connectivity index (χ3v) is 5.63. The first-order valence-corrected chi connectivity index (χ1v) is 10.2. The van der Waals surface area contributed by atoms with E-state index in [-0.39, 0.29) is 21.8 Å². The van der Waals surface area contributed by atoms with Gasteiger partial charge in [-0.15, -0.1) is 0 Å². The van der Waals surface area contributed by atoms with Gasteiger partial charge in [0.1, 0.15) is 0 Å². The topological polar surface area (TPSA) is 75.3 Å². The molecule has 3 rings (SSSR count). The van der Waals surface area contributed by atoms with E-state index in [9.17, 15) is 26.4 Å². The third kappa shape index (κ3) is 4.98. The molecule has 0 bridgehead atoms. The lowest BCUT2D eigenvalue weighted by atomic mass is 10.1. The molecule has 0 aliphatic heterocycles. The Labute approximate surface area is 171 Å². The minimum atomic E-state index is -4.53. The fourth-order valence-corrected chi connectivity index (χ4v) is 3.80. The van der Waals surface area contributed by atoms with Gasteiger partial charge in [-0.1, -0.05) is 30.3 Å². The molecule has 0 aromatic heterocycles. The predicted octanol–water partition coefficient (Wildman–Crippen LogP) is 5.07. The SMILES string of the molecule is Cc1ccc(C(=O)Nc2cccc(C(F)(F)F)c2)cc1NS(=O)(=O)c1ccccc1. The van der Waals surface area contributed by atoms with Crippen LogP contribution < -0.4 is 10.0 Å². The number of rotatable bonds is 5. The van der Waals surface area contributed by atoms with Gasteiger partial charge in [-0.25, -0.2) is 8.42 Å². The summed E-state index contributed by atoms with van der Waals surface area (Å²) in [5.74, 6) is -0.672. The van der Waals surface area contributed by atoms with Crippen molar-refractivity contribution in [1.82, 2.24) is 0 Å². The van der Waals surface area contributed by atoms with Gasteiger partial charge in [-0.05, 0) is 55.0 Å². The van der Waals surface area contributed by atoms with E-state index in [1.165, 1.54) is 36.4 Å². The summed E-state index contributed by atoms with van der Waals surface area (Å²) in [6.07, 6.45) is -4.53. The first kappa shape index (κ1) is 21.4. The van der Waals surface area contributed by atoms with Crippen LogP contribution in [0.4, 0.5) is 24.5 Å². The van der Waals surface area contributed by atoms with Crippen molar-refractivity contribution in [3.63, 3.8) is 0 Å². The summed E-state index contributed by atoms with van der Waals surface area (Å²) in [5.41, 5.74) is -0.0632. The third-order valence-electron chi connectivity index (χ3n) is 4.25. The Hall–Kier alpha value is -3.33. The number of halogens is 3. The van der Waals surface area contributed by atoms with Crippen LogP contribution in [0.5, 0.6) is 0 Å². The lowest BCUT2D eigenvalue weighted by Gasteiger charge is -2.13. The summed E-state index contributed by atoms with van der Waals surface area (Å²) < 4.78 is 66.0. The van der Waals surface area contributed by atoms with Crippen molar-refractivity contribution in [2.45, 2.75) is 18.0 Å². The second kappa shape index (κ2) is 8.19. The molecule has 1 amide bonds. The Morgan fingerprint density at radius 1 is 0.900 bits per heavy atom. The first-order valence-electron chi connectivity index (χ1n) is 8.73. The molecule has 0 saturated carbocycles. The molecular formula is C21H17F3N2O3S. The van der Waals surface area contributed by atoms with E-state index >= 15 is 0 Å². The van der Waals surface area contributed by atoms with Gasteiger partial charge in [0.2, 0.25) is 0 Å². The van der Waals surface area contributed by atoms with E-state index in [0.717, 1.165) is 12.1 Å². The van der Waals surface area contributed by atoms with Crippen molar-refractivity contribution in [1.29, 1.82) is 0 Å². The number of sulfonamides is 1. The quantitative estimate of drug-likeness (QED) is 0.589. The number of amides is 1. The molecule has 0 radical (unpaired) electrons. The molecule has 0 spiro atoms. The molecule has 156 valence electrons. The molecule has 5 nitrogen and oxygen atoms in total. The van der Waals surface area contributed by atoms with Crippen LogP contribution in [-0.4, -0.2) is 14.3 Å². The normalized spacial score (nSPS) is 11.7. The molecule has 3 aromatic rings. The molecule has 2 N–H and O–H groups in total. The number of anilines is 2. The fraction of sp³-hybridized carbons (Fsp3) is 0.0952. The van der Waals surface area contributed by atoms with Crippen LogP contribution >= 0.6 is 0 Å². The van der Waals surface area contributed by atoms with Gasteiger partial charge < -0.3 is 5.32 Å². The molecule has 0 saturated heterocycles. The van der Waals surface area contributed by atoms with Crippen LogP contribution in [0.25, 0.3) is 0 Å². The average Bonchev–Trinajstić information content (AvgIpc) is 2.69. The highest BCUT2D eigenvalue weighted by Gasteiger charge is 2.30. The summed E-state index contributed by atoms with van der Waals surface area (Å²) in [7, 11) is -3.87. The predicted molar refractivity (Wildman–Crippen MR) is 108 cm³/mol. The van der Waals surface area contributed by atoms with Crippen LogP contribution in [-0.2, 0) is 16.2 Å². The number of hydrogen-bond acceptors (Lipinski definition) is 3. The number of carbonyl (C=O) groups excluding carboxylic acids is 1. The van der Waals surface area contributed by atoms with Crippen LogP contribution in [0.1, 0.15) is 21.5 Å². The van der Waals surface area contributed by atoms with Crippen LogP contribution in [0.3, 0.4) is 0 Å². The Kier molecular flexibility index (Phi) is 5.84. The molecule has 0 unspecified atom stereocenters. The van der Waals surface area contributed by atoms with E-state index in [2.05, 4.69) is 10.0 Å². The van der Waals surface area contributed by atoms with E-state index in [1.54, 1.807) is 31.2 Å². The molecule has 0 aliphatic carbocycles. The van der Waals surface area contributed by atoms with Gasteiger partial charge in [-0.2, -0.15) is 13.2 Å². The number of carbonyl (C=O) groups is 1. The second-order valence-electron chi connectivity index (χ2n) is 6.48. The first-order chi connectivity index (χ1) is 14.1. The number of benzene rings is 3. The second-order valence-corrected chi connectivity index (χ2v) is 8.16. The molecule has 0 heterocycles. The molecule has 0 fully saturated rings. The lowest BCUT2D eigenvalue weighted by Crippen LogP contribution is -2.16. The minimum Gasteiger partial charge on any atom is -0.322 e. The van der Waals surface area contributed by atoms with Crippen molar-refractivity contribution >= 4 is 27.3 Å². The molecular weight excluding hydrogens is 417 g/mol. The Morgan fingerprint density at radius 2 is 1.60 bits per heavy atom. The van der Waals surface area contributed by atoms with E-state index in [4.69, 9.17) is 0 Å². The van der Waals surface area contributed by atoms with Crippen molar-refractivity contribution in [3.05, 3.63) is 89.5 Å². The molecule has 9 heteroatoms. The standard InChI is InChI=1S/C21H17F3N2O3S/c1-14-10-11-15(12-19(14)26-30(28,29)18-8-3-2-4-9-18)20(27)25-17-7-5-6-16(13-17)21(22,23)24/h2-13,26H,1H3,(H,25,27). The van der Waals surface area contributed by atoms with Gasteiger partial charge >= 0.3 is 6.18 Å². The zero-order valence-corrected chi connectivity index (χ0v) is 16.5. The van der Waals surface area contributed by atoms with Gasteiger partial charge in [0.05, 0.1) is 16.1 Å². The Bertz CT molecular complexity index is 1180. The van der Waals surface area contributed by atoms with Gasteiger partial charge in [0.15, 0.2) is 0 Å². The molecule has 3 aromatic carbocycles. The number of aryl methyl sites for hydroxylation is 1. The molecule has 0 atom stereocenters. The monoisotopic (exact) mass is 434 g/mol. The van der Waals surface area contributed by atoms with Gasteiger partial charge in [-0.3, -0.25) is 9.52 Å². The summed E-state index contributed by atoms with van der Waals surface area (Å²) in [5, 5.41) is 2.40. The fourth-order valence-electron chi connectivity index (χ4n) is 2.65. The van der Waals surface area contributed by atoms with Gasteiger partial charge in [0, 0.05) is 11.3 Å². The number of alkyl halides is 3. The maximum Gasteiger partial charge on any atom is 0.416 e. The van der Waals surface area contributed by atoms with Gasteiger partial charge in [0.25, 0.3) is 15.9 Å². The van der Waals surface area contributed by atoms with E-state index in [0.29, 0.717) is 5.56 Å². The van der Waals surface area contributed by atoms with Crippen LogP contribution in [0, 0.1) is 6.92 Å². The van der Waals surface area contributed by atoms with E-state index in [1.807, 2.05) is 0 Å². The zero-order valence-electron chi connectivity index (χ0n) is 15.7. The Morgan fingerprint density at radius 3 is 2.27 bits per heavy atom. The summed E-state index contributed by atoms with van der Waals surface area (Å²) in [6.45, 7) is 1.66. The Balaban J connectivity index is 1.84. The van der Waals surface area contributed by atoms with Crippen LogP contribution in [0.15, 0.2) is 77.7 Å². The zero-order chi connectivity index (χ0) is 21.9.